The second-order valence-corrected chi connectivity index (χ2v) is 4.94. The third-order valence-corrected chi connectivity index (χ3v) is 3.34. The summed E-state index contributed by atoms with van der Waals surface area (Å²) in [6.07, 6.45) is 1.44. The van der Waals surface area contributed by atoms with E-state index in [9.17, 15) is 4.79 Å². The van der Waals surface area contributed by atoms with Crippen molar-refractivity contribution in [2.24, 2.45) is 0 Å². The van der Waals surface area contributed by atoms with Crippen LogP contribution in [-0.4, -0.2) is 30.5 Å². The molecule has 1 atom stereocenters. The number of benzene rings is 1. The van der Waals surface area contributed by atoms with E-state index in [0.717, 1.165) is 12.0 Å². The lowest BCUT2D eigenvalue weighted by Crippen LogP contribution is -2.42. The van der Waals surface area contributed by atoms with Crippen LogP contribution in [0.15, 0.2) is 24.3 Å². The zero-order valence-corrected chi connectivity index (χ0v) is 11.3. The van der Waals surface area contributed by atoms with Gasteiger partial charge in [0.05, 0.1) is 13.2 Å². The Kier molecular flexibility index (Phi) is 4.61. The van der Waals surface area contributed by atoms with Gasteiger partial charge >= 0.3 is 0 Å². The Morgan fingerprint density at radius 3 is 3.11 bits per heavy atom. The first-order chi connectivity index (χ1) is 8.70. The van der Waals surface area contributed by atoms with E-state index in [0.29, 0.717) is 31.1 Å². The molecule has 1 unspecified atom stereocenters. The summed E-state index contributed by atoms with van der Waals surface area (Å²) in [5.41, 5.74) is 1.04. The number of hydrogen-bond acceptors (Lipinski definition) is 2. The van der Waals surface area contributed by atoms with Gasteiger partial charge in [-0.2, -0.15) is 0 Å². The Hall–Kier alpha value is -1.06. The lowest BCUT2D eigenvalue weighted by Gasteiger charge is -2.33. The van der Waals surface area contributed by atoms with Gasteiger partial charge in [0.1, 0.15) is 6.10 Å². The number of amides is 1. The average molecular weight is 268 g/mol. The van der Waals surface area contributed by atoms with Crippen LogP contribution in [0.1, 0.15) is 31.4 Å². The molecule has 0 N–H and O–H groups in total. The van der Waals surface area contributed by atoms with Gasteiger partial charge < -0.3 is 9.64 Å². The van der Waals surface area contributed by atoms with E-state index >= 15 is 0 Å². The summed E-state index contributed by atoms with van der Waals surface area (Å²) in [7, 11) is 0. The summed E-state index contributed by atoms with van der Waals surface area (Å²) in [5.74, 6) is 0.216. The van der Waals surface area contributed by atoms with Crippen molar-refractivity contribution < 1.29 is 9.53 Å². The normalized spacial score (nSPS) is 19.9. The molecule has 0 radical (unpaired) electrons. The molecule has 3 nitrogen and oxygen atoms in total. The van der Waals surface area contributed by atoms with Crippen LogP contribution in [0.5, 0.6) is 0 Å². The number of halogens is 1. The van der Waals surface area contributed by atoms with Crippen LogP contribution in [0, 0.1) is 0 Å². The maximum atomic E-state index is 11.9. The predicted octanol–water partition coefficient (Wildman–Crippen LogP) is 3.04. The molecule has 4 heteroatoms. The number of rotatable bonds is 3. The average Bonchev–Trinajstić information content (AvgIpc) is 2.39. The van der Waals surface area contributed by atoms with Gasteiger partial charge in [-0.1, -0.05) is 30.7 Å². The van der Waals surface area contributed by atoms with Crippen LogP contribution in [0.25, 0.3) is 0 Å². The monoisotopic (exact) mass is 267 g/mol. The Balaban J connectivity index is 2.04. The minimum absolute atomic E-state index is 0.0572. The van der Waals surface area contributed by atoms with Gasteiger partial charge in [-0.25, -0.2) is 0 Å². The molecule has 2 rings (SSSR count). The largest absolute Gasteiger partial charge is 0.370 e. The van der Waals surface area contributed by atoms with Crippen molar-refractivity contribution in [1.29, 1.82) is 0 Å². The summed E-state index contributed by atoms with van der Waals surface area (Å²) in [6, 6.07) is 7.64. The number of hydrogen-bond donors (Lipinski definition) is 0. The minimum Gasteiger partial charge on any atom is -0.370 e. The van der Waals surface area contributed by atoms with Gasteiger partial charge in [-0.05, 0) is 24.1 Å². The number of carbonyl (C=O) groups excluding carboxylic acids is 1. The second-order valence-electron chi connectivity index (χ2n) is 4.50. The number of ether oxygens (including phenoxy) is 1. The zero-order chi connectivity index (χ0) is 13.0. The second kappa shape index (κ2) is 6.21. The van der Waals surface area contributed by atoms with Crippen molar-refractivity contribution >= 4 is 17.5 Å². The molecule has 0 spiro atoms. The highest BCUT2D eigenvalue weighted by atomic mass is 35.5. The topological polar surface area (TPSA) is 29.5 Å². The van der Waals surface area contributed by atoms with Crippen molar-refractivity contribution in [3.05, 3.63) is 34.9 Å². The first-order valence-corrected chi connectivity index (χ1v) is 6.73. The molecule has 1 amide bonds. The van der Waals surface area contributed by atoms with E-state index in [1.165, 1.54) is 0 Å². The van der Waals surface area contributed by atoms with E-state index in [2.05, 4.69) is 0 Å². The van der Waals surface area contributed by atoms with Gasteiger partial charge in [-0.3, -0.25) is 4.79 Å². The Labute approximate surface area is 113 Å². The quantitative estimate of drug-likeness (QED) is 0.842. The van der Waals surface area contributed by atoms with E-state index in [1.54, 1.807) is 0 Å². The highest BCUT2D eigenvalue weighted by Gasteiger charge is 2.24. The van der Waals surface area contributed by atoms with Crippen molar-refractivity contribution in [2.45, 2.75) is 25.9 Å². The summed E-state index contributed by atoms with van der Waals surface area (Å²) in [5, 5.41) is 0.702. The van der Waals surface area contributed by atoms with E-state index in [1.807, 2.05) is 36.1 Å². The maximum Gasteiger partial charge on any atom is 0.222 e. The lowest BCUT2D eigenvalue weighted by atomic mass is 10.1. The Bertz CT molecular complexity index is 422. The molecule has 0 aromatic heterocycles. The van der Waals surface area contributed by atoms with Crippen LogP contribution < -0.4 is 0 Å². The van der Waals surface area contributed by atoms with E-state index in [4.69, 9.17) is 16.3 Å². The Morgan fingerprint density at radius 1 is 1.56 bits per heavy atom. The van der Waals surface area contributed by atoms with Gasteiger partial charge in [0.15, 0.2) is 0 Å². The zero-order valence-electron chi connectivity index (χ0n) is 10.6. The van der Waals surface area contributed by atoms with Gasteiger partial charge in [0.25, 0.3) is 0 Å². The fourth-order valence-corrected chi connectivity index (χ4v) is 2.36. The first-order valence-electron chi connectivity index (χ1n) is 6.35. The molecule has 1 saturated heterocycles. The third-order valence-electron chi connectivity index (χ3n) is 3.10. The molecule has 0 bridgehead atoms. The molecule has 1 heterocycles. The predicted molar refractivity (Wildman–Crippen MR) is 71.6 cm³/mol. The highest BCUT2D eigenvalue weighted by molar-refractivity contribution is 6.30. The summed E-state index contributed by atoms with van der Waals surface area (Å²) in [4.78, 5) is 13.8. The molecular weight excluding hydrogens is 250 g/mol. The fraction of sp³-hybridized carbons (Fsp3) is 0.500. The van der Waals surface area contributed by atoms with Crippen LogP contribution in [0.2, 0.25) is 5.02 Å². The smallest absolute Gasteiger partial charge is 0.222 e. The van der Waals surface area contributed by atoms with Crippen molar-refractivity contribution in [3.63, 3.8) is 0 Å². The van der Waals surface area contributed by atoms with Gasteiger partial charge in [0, 0.05) is 18.0 Å². The molecule has 18 heavy (non-hydrogen) atoms. The van der Waals surface area contributed by atoms with Crippen molar-refractivity contribution in [2.75, 3.05) is 19.7 Å². The SMILES string of the molecule is CCCC(=O)N1CCOC(c2cccc(Cl)c2)C1. The lowest BCUT2D eigenvalue weighted by molar-refractivity contribution is -0.139. The van der Waals surface area contributed by atoms with Crippen molar-refractivity contribution in [3.8, 4) is 0 Å². The van der Waals surface area contributed by atoms with Crippen LogP contribution in [0.3, 0.4) is 0 Å². The summed E-state index contributed by atoms with van der Waals surface area (Å²) in [6.45, 7) is 3.93. The highest BCUT2D eigenvalue weighted by Crippen LogP contribution is 2.24. The van der Waals surface area contributed by atoms with Crippen LogP contribution >= 0.6 is 11.6 Å². The molecule has 1 aromatic rings. The number of carbonyl (C=O) groups is 1. The molecule has 0 saturated carbocycles. The summed E-state index contributed by atoms with van der Waals surface area (Å²) >= 11 is 5.98. The number of nitrogens with zero attached hydrogens (tertiary/aromatic N) is 1. The molecule has 0 aliphatic carbocycles. The van der Waals surface area contributed by atoms with Crippen LogP contribution in [0.4, 0.5) is 0 Å². The third kappa shape index (κ3) is 3.24. The number of morpholine rings is 1. The first kappa shape index (κ1) is 13.4. The van der Waals surface area contributed by atoms with E-state index in [-0.39, 0.29) is 12.0 Å². The van der Waals surface area contributed by atoms with Crippen molar-refractivity contribution in [1.82, 2.24) is 4.90 Å². The van der Waals surface area contributed by atoms with Gasteiger partial charge in [0.2, 0.25) is 5.91 Å². The molecule has 1 aromatic carbocycles. The molecule has 1 fully saturated rings. The summed E-state index contributed by atoms with van der Waals surface area (Å²) < 4.78 is 5.73. The van der Waals surface area contributed by atoms with E-state index < -0.39 is 0 Å². The molecular formula is C14H18ClNO2. The van der Waals surface area contributed by atoms with Gasteiger partial charge in [-0.15, -0.1) is 0 Å². The Morgan fingerprint density at radius 2 is 2.39 bits per heavy atom. The minimum atomic E-state index is -0.0572. The standard InChI is InChI=1S/C14H18ClNO2/c1-2-4-14(17)16-7-8-18-13(10-16)11-5-3-6-12(15)9-11/h3,5-6,9,13H,2,4,7-8,10H2,1H3. The maximum absolute atomic E-state index is 11.9. The molecule has 98 valence electrons. The van der Waals surface area contributed by atoms with Crippen LogP contribution in [-0.2, 0) is 9.53 Å². The molecule has 1 aliphatic rings. The fourth-order valence-electron chi connectivity index (χ4n) is 2.16. The molecule has 1 aliphatic heterocycles.